The van der Waals surface area contributed by atoms with E-state index in [-0.39, 0.29) is 24.0 Å². The van der Waals surface area contributed by atoms with Crippen LogP contribution in [0.2, 0.25) is 0 Å². The van der Waals surface area contributed by atoms with Gasteiger partial charge in [-0.1, -0.05) is 18.2 Å². The molecule has 1 fully saturated rings. The van der Waals surface area contributed by atoms with Crippen LogP contribution in [0, 0.1) is 0 Å². The summed E-state index contributed by atoms with van der Waals surface area (Å²) in [6, 6.07) is 15.5. The molecular weight excluding hydrogens is 539 g/mol. The lowest BCUT2D eigenvalue weighted by atomic mass is 10.1. The molecule has 1 aliphatic heterocycles. The zero-order valence-corrected chi connectivity index (χ0v) is 22.1. The van der Waals surface area contributed by atoms with E-state index in [1.807, 2.05) is 48.5 Å². The van der Waals surface area contributed by atoms with Crippen molar-refractivity contribution < 1.29 is 13.7 Å². The molecular formula is C23H33IN4O3S. The van der Waals surface area contributed by atoms with Crippen molar-refractivity contribution in [2.45, 2.75) is 11.4 Å². The van der Waals surface area contributed by atoms with Crippen LogP contribution in [0.3, 0.4) is 0 Å². The third-order valence-electron chi connectivity index (χ3n) is 5.34. The van der Waals surface area contributed by atoms with Crippen molar-refractivity contribution in [3.05, 3.63) is 54.1 Å². The van der Waals surface area contributed by atoms with E-state index >= 15 is 0 Å². The summed E-state index contributed by atoms with van der Waals surface area (Å²) >= 11 is 0. The molecule has 2 aromatic carbocycles. The van der Waals surface area contributed by atoms with Gasteiger partial charge in [-0.2, -0.15) is 0 Å². The number of aliphatic imine (C=N–C) groups is 1. The first kappa shape index (κ1) is 26.4. The molecule has 1 saturated heterocycles. The smallest absolute Gasteiger partial charge is 0.193 e. The molecule has 0 saturated carbocycles. The maximum Gasteiger partial charge on any atom is 0.193 e. The number of piperazine rings is 1. The van der Waals surface area contributed by atoms with Crippen LogP contribution in [0.1, 0.15) is 5.56 Å². The number of nitrogens with one attached hydrogen (secondary N) is 1. The van der Waals surface area contributed by atoms with E-state index in [1.165, 1.54) is 0 Å². The van der Waals surface area contributed by atoms with Crippen LogP contribution in [-0.4, -0.2) is 79.7 Å². The van der Waals surface area contributed by atoms with Crippen molar-refractivity contribution >= 4 is 40.7 Å². The third-order valence-corrected chi connectivity index (χ3v) is 6.71. The summed E-state index contributed by atoms with van der Waals surface area (Å²) in [5.41, 5.74) is 1.13. The highest BCUT2D eigenvalue weighted by atomic mass is 127. The standard InChI is InChI=1S/C23H32N4O3S.HI/c1-24-23(25-11-16-31(28)21-7-5-4-6-8-21)27-14-12-26(13-15-27)18-19-17-20(29-2)9-10-22(19)30-3;/h4-10,17H,11-16,18H2,1-3H3,(H,24,25);1H. The Bertz CT molecular complexity index is 890. The van der Waals surface area contributed by atoms with Gasteiger partial charge in [0.25, 0.3) is 0 Å². The number of rotatable bonds is 8. The molecule has 0 aliphatic carbocycles. The fourth-order valence-corrected chi connectivity index (χ4v) is 4.63. The Morgan fingerprint density at radius 1 is 1.06 bits per heavy atom. The number of halogens is 1. The average Bonchev–Trinajstić information content (AvgIpc) is 2.83. The molecule has 0 spiro atoms. The first-order valence-electron chi connectivity index (χ1n) is 10.5. The minimum Gasteiger partial charge on any atom is -0.497 e. The Morgan fingerprint density at radius 3 is 2.41 bits per heavy atom. The van der Waals surface area contributed by atoms with E-state index in [0.29, 0.717) is 12.3 Å². The second-order valence-corrected chi connectivity index (χ2v) is 8.85. The van der Waals surface area contributed by atoms with Gasteiger partial charge in [-0.25, -0.2) is 0 Å². The van der Waals surface area contributed by atoms with Crippen LogP contribution in [0.4, 0.5) is 0 Å². The van der Waals surface area contributed by atoms with Gasteiger partial charge in [-0.15, -0.1) is 24.0 Å². The third kappa shape index (κ3) is 7.35. The fourth-order valence-electron chi connectivity index (χ4n) is 3.64. The maximum atomic E-state index is 12.4. The Hall–Kier alpha value is -1.85. The van der Waals surface area contributed by atoms with Crippen molar-refractivity contribution in [1.82, 2.24) is 15.1 Å². The predicted octanol–water partition coefficient (Wildman–Crippen LogP) is 2.82. The summed E-state index contributed by atoms with van der Waals surface area (Å²) in [6.07, 6.45) is 0. The fraction of sp³-hybridized carbons (Fsp3) is 0.435. The molecule has 3 rings (SSSR count). The minimum absolute atomic E-state index is 0. The van der Waals surface area contributed by atoms with Crippen LogP contribution in [0.5, 0.6) is 11.5 Å². The van der Waals surface area contributed by atoms with Gasteiger partial charge in [-0.3, -0.25) is 14.1 Å². The molecule has 2 aromatic rings. The molecule has 1 unspecified atom stereocenters. The van der Waals surface area contributed by atoms with E-state index in [2.05, 4.69) is 20.1 Å². The summed E-state index contributed by atoms with van der Waals surface area (Å²) < 4.78 is 23.3. The Balaban J connectivity index is 0.00000363. The number of guanidine groups is 1. The largest absolute Gasteiger partial charge is 0.497 e. The number of hydrogen-bond donors (Lipinski definition) is 1. The number of hydrogen-bond acceptors (Lipinski definition) is 5. The summed E-state index contributed by atoms with van der Waals surface area (Å²) in [6.45, 7) is 5.06. The molecule has 0 aromatic heterocycles. The highest BCUT2D eigenvalue weighted by Gasteiger charge is 2.21. The van der Waals surface area contributed by atoms with Crippen molar-refractivity contribution in [2.75, 3.05) is 59.7 Å². The predicted molar refractivity (Wildman–Crippen MR) is 141 cm³/mol. The van der Waals surface area contributed by atoms with Crippen LogP contribution in [0.15, 0.2) is 58.4 Å². The topological polar surface area (TPSA) is 66.4 Å². The minimum atomic E-state index is -1.01. The van der Waals surface area contributed by atoms with Crippen LogP contribution in [0.25, 0.3) is 0 Å². The van der Waals surface area contributed by atoms with Crippen molar-refractivity contribution in [3.63, 3.8) is 0 Å². The number of nitrogens with zero attached hydrogens (tertiary/aromatic N) is 3. The molecule has 7 nitrogen and oxygen atoms in total. The number of benzene rings is 2. The molecule has 0 amide bonds. The summed E-state index contributed by atoms with van der Waals surface area (Å²) in [4.78, 5) is 9.94. The lowest BCUT2D eigenvalue weighted by Crippen LogP contribution is -2.52. The number of methoxy groups -OCH3 is 2. The first-order valence-corrected chi connectivity index (χ1v) is 11.8. The summed E-state index contributed by atoms with van der Waals surface area (Å²) in [7, 11) is 4.17. The molecule has 9 heteroatoms. The second kappa shape index (κ2) is 13.6. The Kier molecular flexibility index (Phi) is 11.3. The monoisotopic (exact) mass is 572 g/mol. The zero-order valence-electron chi connectivity index (χ0n) is 19.0. The van der Waals surface area contributed by atoms with Gasteiger partial charge in [0, 0.05) is 62.5 Å². The van der Waals surface area contributed by atoms with E-state index in [0.717, 1.165) is 60.6 Å². The number of ether oxygens (including phenoxy) is 2. The van der Waals surface area contributed by atoms with Gasteiger partial charge in [0.1, 0.15) is 11.5 Å². The quantitative estimate of drug-likeness (QED) is 0.298. The molecule has 1 heterocycles. The SMILES string of the molecule is CN=C(NCCS(=O)c1ccccc1)N1CCN(Cc2cc(OC)ccc2OC)CC1.I. The zero-order chi connectivity index (χ0) is 22.1. The molecule has 0 radical (unpaired) electrons. The summed E-state index contributed by atoms with van der Waals surface area (Å²) in [5, 5.41) is 3.37. The van der Waals surface area contributed by atoms with Gasteiger partial charge >= 0.3 is 0 Å². The highest BCUT2D eigenvalue weighted by Crippen LogP contribution is 2.25. The lowest BCUT2D eigenvalue weighted by molar-refractivity contribution is 0.171. The van der Waals surface area contributed by atoms with Crippen molar-refractivity contribution in [1.29, 1.82) is 0 Å². The second-order valence-electron chi connectivity index (χ2n) is 7.28. The van der Waals surface area contributed by atoms with Crippen LogP contribution < -0.4 is 14.8 Å². The van der Waals surface area contributed by atoms with E-state index in [4.69, 9.17) is 9.47 Å². The maximum absolute atomic E-state index is 12.4. The van der Waals surface area contributed by atoms with Gasteiger partial charge in [0.15, 0.2) is 5.96 Å². The van der Waals surface area contributed by atoms with E-state index in [1.54, 1.807) is 21.3 Å². The van der Waals surface area contributed by atoms with Crippen molar-refractivity contribution in [3.8, 4) is 11.5 Å². The molecule has 1 atom stereocenters. The first-order chi connectivity index (χ1) is 15.1. The normalized spacial score (nSPS) is 15.6. The molecule has 0 bridgehead atoms. The van der Waals surface area contributed by atoms with Gasteiger partial charge in [-0.05, 0) is 30.3 Å². The molecule has 1 N–H and O–H groups in total. The highest BCUT2D eigenvalue weighted by molar-refractivity contribution is 14.0. The Morgan fingerprint density at radius 2 is 1.78 bits per heavy atom. The van der Waals surface area contributed by atoms with Crippen LogP contribution >= 0.6 is 24.0 Å². The van der Waals surface area contributed by atoms with Crippen molar-refractivity contribution in [2.24, 2.45) is 4.99 Å². The van der Waals surface area contributed by atoms with Gasteiger partial charge < -0.3 is 19.7 Å². The molecule has 32 heavy (non-hydrogen) atoms. The van der Waals surface area contributed by atoms with E-state index < -0.39 is 10.8 Å². The van der Waals surface area contributed by atoms with Gasteiger partial charge in [0.2, 0.25) is 0 Å². The average molecular weight is 573 g/mol. The molecule has 1 aliphatic rings. The lowest BCUT2D eigenvalue weighted by Gasteiger charge is -2.36. The Labute approximate surface area is 210 Å². The van der Waals surface area contributed by atoms with E-state index in [9.17, 15) is 4.21 Å². The van der Waals surface area contributed by atoms with Gasteiger partial charge in [0.05, 0.1) is 25.0 Å². The van der Waals surface area contributed by atoms with Crippen LogP contribution in [-0.2, 0) is 17.3 Å². The summed E-state index contributed by atoms with van der Waals surface area (Å²) in [5.74, 6) is 3.14. The molecule has 176 valence electrons.